The van der Waals surface area contributed by atoms with E-state index in [2.05, 4.69) is 89.2 Å². The molecule has 0 amide bonds. The SMILES string of the molecule is Cc1ccc(-c2ccnc3[nH]cc(/C=N/O)c23)c(C)c1.Cc1ccc(-c2ccnc3[nH]cc(C=O)c23)c(C)c1. The van der Waals surface area contributed by atoms with Crippen molar-refractivity contribution in [1.82, 2.24) is 19.9 Å². The lowest BCUT2D eigenvalue weighted by atomic mass is 9.96. The van der Waals surface area contributed by atoms with Gasteiger partial charge in [0.25, 0.3) is 0 Å². The minimum Gasteiger partial charge on any atom is -0.411 e. The number of carbonyl (C=O) groups excluding carboxylic acids is 1. The van der Waals surface area contributed by atoms with E-state index in [1.165, 1.54) is 28.5 Å². The van der Waals surface area contributed by atoms with Crippen LogP contribution in [0.5, 0.6) is 0 Å². The van der Waals surface area contributed by atoms with Crippen LogP contribution in [0.25, 0.3) is 44.3 Å². The summed E-state index contributed by atoms with van der Waals surface area (Å²) in [5, 5.41) is 13.8. The van der Waals surface area contributed by atoms with Crippen LogP contribution >= 0.6 is 0 Å². The van der Waals surface area contributed by atoms with Gasteiger partial charge < -0.3 is 15.2 Å². The number of aldehydes is 1. The summed E-state index contributed by atoms with van der Waals surface area (Å²) in [4.78, 5) is 25.9. The Hall–Kier alpha value is -5.04. The molecule has 0 saturated carbocycles. The molecule has 7 nitrogen and oxygen atoms in total. The average Bonchev–Trinajstić information content (AvgIpc) is 3.54. The number of carbonyl (C=O) groups is 1. The highest BCUT2D eigenvalue weighted by molar-refractivity contribution is 6.06. The molecule has 0 saturated heterocycles. The number of hydrogen-bond acceptors (Lipinski definition) is 5. The monoisotopic (exact) mass is 515 g/mol. The predicted molar refractivity (Wildman–Crippen MR) is 157 cm³/mol. The normalized spacial score (nSPS) is 11.2. The number of fused-ring (bicyclic) bond motifs is 2. The van der Waals surface area contributed by atoms with Crippen molar-refractivity contribution in [3.8, 4) is 22.3 Å². The second kappa shape index (κ2) is 10.8. The number of rotatable bonds is 4. The first-order valence-electron chi connectivity index (χ1n) is 12.6. The van der Waals surface area contributed by atoms with Crippen molar-refractivity contribution in [2.75, 3.05) is 0 Å². The van der Waals surface area contributed by atoms with E-state index in [0.29, 0.717) is 5.56 Å². The molecule has 0 aliphatic carbocycles. The summed E-state index contributed by atoms with van der Waals surface area (Å²) in [5.74, 6) is 0. The van der Waals surface area contributed by atoms with E-state index >= 15 is 0 Å². The van der Waals surface area contributed by atoms with Crippen LogP contribution in [0.15, 0.2) is 78.5 Å². The lowest BCUT2D eigenvalue weighted by molar-refractivity contribution is 0.112. The van der Waals surface area contributed by atoms with Gasteiger partial charge in [-0.25, -0.2) is 9.97 Å². The van der Waals surface area contributed by atoms with Crippen LogP contribution in [-0.2, 0) is 0 Å². The van der Waals surface area contributed by atoms with E-state index in [-0.39, 0.29) is 0 Å². The molecular formula is C32H29N5O2. The molecular weight excluding hydrogens is 486 g/mol. The lowest BCUT2D eigenvalue weighted by Crippen LogP contribution is -1.89. The lowest BCUT2D eigenvalue weighted by Gasteiger charge is -2.09. The van der Waals surface area contributed by atoms with Crippen LogP contribution in [0.3, 0.4) is 0 Å². The molecule has 0 spiro atoms. The number of H-pyrrole nitrogens is 2. The van der Waals surface area contributed by atoms with E-state index in [4.69, 9.17) is 5.21 Å². The Labute approximate surface area is 226 Å². The van der Waals surface area contributed by atoms with Crippen LogP contribution < -0.4 is 0 Å². The fourth-order valence-electron chi connectivity index (χ4n) is 5.10. The van der Waals surface area contributed by atoms with Gasteiger partial charge in [0.15, 0.2) is 6.29 Å². The Balaban J connectivity index is 0.000000158. The summed E-state index contributed by atoms with van der Waals surface area (Å²) in [6, 6.07) is 16.7. The zero-order valence-corrected chi connectivity index (χ0v) is 22.3. The first-order chi connectivity index (χ1) is 18.9. The minimum atomic E-state index is 0.651. The van der Waals surface area contributed by atoms with Crippen LogP contribution in [0.1, 0.15) is 38.2 Å². The van der Waals surface area contributed by atoms with Gasteiger partial charge in [0.1, 0.15) is 11.3 Å². The van der Waals surface area contributed by atoms with Crippen molar-refractivity contribution in [3.05, 3.63) is 107 Å². The molecule has 39 heavy (non-hydrogen) atoms. The third-order valence-electron chi connectivity index (χ3n) is 6.88. The molecule has 4 heterocycles. The van der Waals surface area contributed by atoms with Crippen molar-refractivity contribution in [2.24, 2.45) is 5.16 Å². The van der Waals surface area contributed by atoms with Crippen LogP contribution in [0, 0.1) is 27.7 Å². The Morgan fingerprint density at radius 2 is 1.18 bits per heavy atom. The average molecular weight is 516 g/mol. The van der Waals surface area contributed by atoms with Crippen LogP contribution in [-0.4, -0.2) is 37.6 Å². The highest BCUT2D eigenvalue weighted by Crippen LogP contribution is 2.33. The number of aromatic amines is 2. The number of aromatic nitrogens is 4. The number of oxime groups is 1. The maximum Gasteiger partial charge on any atom is 0.152 e. The molecule has 2 aromatic carbocycles. The highest BCUT2D eigenvalue weighted by Gasteiger charge is 2.13. The summed E-state index contributed by atoms with van der Waals surface area (Å²) < 4.78 is 0. The molecule has 0 unspecified atom stereocenters. The summed E-state index contributed by atoms with van der Waals surface area (Å²) in [6.07, 6.45) is 9.35. The Bertz CT molecular complexity index is 1850. The highest BCUT2D eigenvalue weighted by atomic mass is 16.4. The van der Waals surface area contributed by atoms with Crippen LogP contribution in [0.4, 0.5) is 0 Å². The zero-order valence-electron chi connectivity index (χ0n) is 22.3. The molecule has 0 fully saturated rings. The Kier molecular flexibility index (Phi) is 7.06. The van der Waals surface area contributed by atoms with E-state index in [0.717, 1.165) is 56.2 Å². The van der Waals surface area contributed by atoms with Gasteiger partial charge in [-0.15, -0.1) is 0 Å². The summed E-state index contributed by atoms with van der Waals surface area (Å²) in [6.45, 7) is 8.34. The van der Waals surface area contributed by atoms with Gasteiger partial charge in [0.05, 0.1) is 6.21 Å². The standard InChI is InChI=1S/C16H15N3O.C16H14N2O/c1-10-3-4-13(11(2)7-10)14-5-6-17-16-15(14)12(8-18-16)9-19-20;1-10-3-4-13(11(2)7-10)14-5-6-17-16-15(14)12(9-19)8-18-16/h3-9,20H,1-2H3,(H,17,18);3-9H,1-2H3,(H,17,18)/b19-9+;. The second-order valence-corrected chi connectivity index (χ2v) is 9.65. The predicted octanol–water partition coefficient (Wildman–Crippen LogP) is 7.31. The Morgan fingerprint density at radius 3 is 1.64 bits per heavy atom. The van der Waals surface area contributed by atoms with Gasteiger partial charge in [-0.1, -0.05) is 52.7 Å². The molecule has 0 atom stereocenters. The third kappa shape index (κ3) is 4.94. The summed E-state index contributed by atoms with van der Waals surface area (Å²) in [5.41, 5.74) is 12.3. The van der Waals surface area contributed by atoms with Crippen molar-refractivity contribution in [3.63, 3.8) is 0 Å². The van der Waals surface area contributed by atoms with Gasteiger partial charge in [0, 0.05) is 46.7 Å². The molecule has 0 aliphatic heterocycles. The fourth-order valence-corrected chi connectivity index (χ4v) is 5.10. The molecule has 3 N–H and O–H groups in total. The van der Waals surface area contributed by atoms with Crippen molar-refractivity contribution in [2.45, 2.75) is 27.7 Å². The van der Waals surface area contributed by atoms with E-state index in [9.17, 15) is 4.79 Å². The molecule has 4 aromatic heterocycles. The Morgan fingerprint density at radius 1 is 0.692 bits per heavy atom. The second-order valence-electron chi connectivity index (χ2n) is 9.65. The van der Waals surface area contributed by atoms with Crippen molar-refractivity contribution < 1.29 is 10.0 Å². The largest absolute Gasteiger partial charge is 0.411 e. The number of benzene rings is 2. The topological polar surface area (TPSA) is 107 Å². The van der Waals surface area contributed by atoms with Gasteiger partial charge in [0.2, 0.25) is 0 Å². The number of pyridine rings is 2. The number of nitrogens with one attached hydrogen (secondary N) is 2. The smallest absolute Gasteiger partial charge is 0.152 e. The third-order valence-corrected chi connectivity index (χ3v) is 6.88. The summed E-state index contributed by atoms with van der Waals surface area (Å²) in [7, 11) is 0. The van der Waals surface area contributed by atoms with Gasteiger partial charge in [-0.3, -0.25) is 4.79 Å². The molecule has 194 valence electrons. The van der Waals surface area contributed by atoms with Crippen molar-refractivity contribution in [1.29, 1.82) is 0 Å². The van der Waals surface area contributed by atoms with Gasteiger partial charge in [-0.05, 0) is 73.2 Å². The number of nitrogens with zero attached hydrogens (tertiary/aromatic N) is 3. The minimum absolute atomic E-state index is 0.651. The van der Waals surface area contributed by atoms with Crippen LogP contribution in [0.2, 0.25) is 0 Å². The molecule has 0 bridgehead atoms. The molecule has 6 aromatic rings. The molecule has 7 heteroatoms. The number of hydrogen-bond donors (Lipinski definition) is 3. The molecule has 0 aliphatic rings. The zero-order chi connectivity index (χ0) is 27.5. The van der Waals surface area contributed by atoms with E-state index in [1.807, 2.05) is 12.1 Å². The van der Waals surface area contributed by atoms with E-state index in [1.54, 1.807) is 24.8 Å². The van der Waals surface area contributed by atoms with Gasteiger partial charge in [-0.2, -0.15) is 0 Å². The van der Waals surface area contributed by atoms with Crippen molar-refractivity contribution >= 4 is 34.6 Å². The quantitative estimate of drug-likeness (QED) is 0.0990. The summed E-state index contributed by atoms with van der Waals surface area (Å²) >= 11 is 0. The first-order valence-corrected chi connectivity index (χ1v) is 12.6. The maximum absolute atomic E-state index is 11.2. The van der Waals surface area contributed by atoms with Gasteiger partial charge >= 0.3 is 0 Å². The first kappa shape index (κ1) is 25.6. The fraction of sp³-hybridized carbons (Fsp3) is 0.125. The van der Waals surface area contributed by atoms with E-state index < -0.39 is 0 Å². The number of aryl methyl sites for hydroxylation is 4. The molecule has 0 radical (unpaired) electrons. The maximum atomic E-state index is 11.2. The molecule has 6 rings (SSSR count).